The molecule has 7 heteroatoms. The van der Waals surface area contributed by atoms with E-state index in [2.05, 4.69) is 10.3 Å². The summed E-state index contributed by atoms with van der Waals surface area (Å²) in [4.78, 5) is 15.0. The van der Waals surface area contributed by atoms with Crippen LogP contribution >= 0.6 is 11.6 Å². The van der Waals surface area contributed by atoms with Gasteiger partial charge >= 0.3 is 6.03 Å². The quantitative estimate of drug-likeness (QED) is 0.887. The number of benzene rings is 1. The van der Waals surface area contributed by atoms with Crippen molar-refractivity contribution in [2.45, 2.75) is 0 Å². The Morgan fingerprint density at radius 1 is 1.50 bits per heavy atom. The molecule has 1 aromatic carbocycles. The SMILES string of the molecule is O=C1N=C2Oc3c(ccc(OCCO)c3Cl)C=C2CN1. The van der Waals surface area contributed by atoms with E-state index in [1.54, 1.807) is 12.1 Å². The molecule has 1 aromatic rings. The molecule has 0 radical (unpaired) electrons. The van der Waals surface area contributed by atoms with Gasteiger partial charge in [0.15, 0.2) is 5.75 Å². The predicted octanol–water partition coefficient (Wildman–Crippen LogP) is 1.61. The van der Waals surface area contributed by atoms with E-state index in [-0.39, 0.29) is 19.1 Å². The van der Waals surface area contributed by atoms with Crippen molar-refractivity contribution in [2.75, 3.05) is 19.8 Å². The van der Waals surface area contributed by atoms with Gasteiger partial charge in [0.2, 0.25) is 5.90 Å². The number of aliphatic hydroxyl groups excluding tert-OH is 1. The van der Waals surface area contributed by atoms with Crippen LogP contribution in [0.25, 0.3) is 6.08 Å². The topological polar surface area (TPSA) is 80.2 Å². The number of carbonyl (C=O) groups is 1. The molecule has 0 bridgehead atoms. The fourth-order valence-corrected chi connectivity index (χ4v) is 2.24. The van der Waals surface area contributed by atoms with Gasteiger partial charge in [-0.05, 0) is 18.2 Å². The molecule has 2 aliphatic rings. The first-order valence-corrected chi connectivity index (χ1v) is 6.38. The summed E-state index contributed by atoms with van der Waals surface area (Å²) in [6, 6.07) is 3.07. The fourth-order valence-electron chi connectivity index (χ4n) is 1.97. The maximum absolute atomic E-state index is 11.2. The number of fused-ring (bicyclic) bond motifs is 2. The molecule has 2 heterocycles. The number of ether oxygens (including phenoxy) is 2. The van der Waals surface area contributed by atoms with Gasteiger partial charge in [-0.3, -0.25) is 0 Å². The molecule has 6 nitrogen and oxygen atoms in total. The number of aliphatic imine (C=N–C) groups is 1. The molecule has 0 fully saturated rings. The van der Waals surface area contributed by atoms with Crippen LogP contribution in [0.15, 0.2) is 22.7 Å². The number of hydrogen-bond donors (Lipinski definition) is 2. The Balaban J connectivity index is 2.00. The zero-order chi connectivity index (χ0) is 14.1. The Bertz CT molecular complexity index is 640. The normalized spacial score (nSPS) is 16.2. The molecule has 3 rings (SSSR count). The van der Waals surface area contributed by atoms with Gasteiger partial charge in [-0.15, -0.1) is 0 Å². The minimum absolute atomic E-state index is 0.106. The van der Waals surface area contributed by atoms with Crippen molar-refractivity contribution < 1.29 is 19.4 Å². The molecule has 0 spiro atoms. The number of carbonyl (C=O) groups excluding carboxylic acids is 1. The minimum atomic E-state index is -0.440. The van der Waals surface area contributed by atoms with Crippen molar-refractivity contribution in [2.24, 2.45) is 4.99 Å². The Morgan fingerprint density at radius 2 is 2.35 bits per heavy atom. The highest BCUT2D eigenvalue weighted by Gasteiger charge is 2.26. The summed E-state index contributed by atoms with van der Waals surface area (Å²) in [5.74, 6) is 1.07. The number of urea groups is 1. The Labute approximate surface area is 119 Å². The van der Waals surface area contributed by atoms with Crippen molar-refractivity contribution >= 4 is 29.6 Å². The van der Waals surface area contributed by atoms with Crippen molar-refractivity contribution in [3.8, 4) is 11.5 Å². The van der Waals surface area contributed by atoms with Crippen molar-refractivity contribution in [1.82, 2.24) is 5.32 Å². The zero-order valence-electron chi connectivity index (χ0n) is 10.4. The molecule has 0 saturated heterocycles. The fraction of sp³-hybridized carbons (Fsp3) is 0.231. The lowest BCUT2D eigenvalue weighted by Gasteiger charge is -2.23. The lowest BCUT2D eigenvalue weighted by Crippen LogP contribution is -2.35. The molecule has 0 atom stereocenters. The van der Waals surface area contributed by atoms with Gasteiger partial charge in [0, 0.05) is 17.7 Å². The number of amides is 2. The molecule has 104 valence electrons. The van der Waals surface area contributed by atoms with Crippen molar-refractivity contribution in [3.05, 3.63) is 28.3 Å². The third-order valence-electron chi connectivity index (χ3n) is 2.88. The van der Waals surface area contributed by atoms with E-state index >= 15 is 0 Å². The Morgan fingerprint density at radius 3 is 3.15 bits per heavy atom. The van der Waals surface area contributed by atoms with Crippen LogP contribution in [0.4, 0.5) is 4.79 Å². The largest absolute Gasteiger partial charge is 0.489 e. The maximum Gasteiger partial charge on any atom is 0.344 e. The molecule has 2 aliphatic heterocycles. The van der Waals surface area contributed by atoms with Crippen molar-refractivity contribution in [3.63, 3.8) is 0 Å². The second-order valence-corrected chi connectivity index (χ2v) is 4.59. The summed E-state index contributed by atoms with van der Waals surface area (Å²) in [5.41, 5.74) is 1.58. The number of nitrogens with one attached hydrogen (secondary N) is 1. The van der Waals surface area contributed by atoms with Crippen LogP contribution in [0.2, 0.25) is 5.02 Å². The molecule has 0 unspecified atom stereocenters. The number of halogens is 1. The summed E-state index contributed by atoms with van der Waals surface area (Å²) in [7, 11) is 0. The average Bonchev–Trinajstić information content (AvgIpc) is 2.45. The van der Waals surface area contributed by atoms with Gasteiger partial charge in [-0.25, -0.2) is 4.79 Å². The standard InChI is InChI=1S/C13H11ClN2O4/c14-10-9(19-4-3-17)2-1-7-5-8-6-15-13(18)16-12(8)20-11(7)10/h1-2,5,17H,3-4,6H2,(H,15,18). The average molecular weight is 295 g/mol. The molecule has 2 amide bonds. The summed E-state index contributed by atoms with van der Waals surface area (Å²) < 4.78 is 10.9. The van der Waals surface area contributed by atoms with E-state index in [9.17, 15) is 4.79 Å². The van der Waals surface area contributed by atoms with Gasteiger partial charge in [0.05, 0.1) is 6.61 Å². The van der Waals surface area contributed by atoms with Gasteiger partial charge in [-0.1, -0.05) is 11.6 Å². The summed E-state index contributed by atoms with van der Waals surface area (Å²) in [6.45, 7) is 0.408. The molecule has 0 aliphatic carbocycles. The van der Waals surface area contributed by atoms with Gasteiger partial charge in [0.25, 0.3) is 0 Å². The van der Waals surface area contributed by atoms with E-state index < -0.39 is 6.03 Å². The highest BCUT2D eigenvalue weighted by Crippen LogP contribution is 2.40. The second kappa shape index (κ2) is 5.15. The lowest BCUT2D eigenvalue weighted by atomic mass is 10.1. The first-order valence-electron chi connectivity index (χ1n) is 6.00. The highest BCUT2D eigenvalue weighted by molar-refractivity contribution is 6.34. The third kappa shape index (κ3) is 2.23. The van der Waals surface area contributed by atoms with Gasteiger partial charge in [-0.2, -0.15) is 4.99 Å². The van der Waals surface area contributed by atoms with Crippen LogP contribution < -0.4 is 14.8 Å². The lowest BCUT2D eigenvalue weighted by molar-refractivity contribution is 0.201. The summed E-state index contributed by atoms with van der Waals surface area (Å²) in [5, 5.41) is 11.7. The highest BCUT2D eigenvalue weighted by atomic mass is 35.5. The predicted molar refractivity (Wildman–Crippen MR) is 73.5 cm³/mol. The van der Waals surface area contributed by atoms with Crippen LogP contribution in [0.1, 0.15) is 5.56 Å². The molecule has 0 saturated carbocycles. The molecular weight excluding hydrogens is 284 g/mol. The van der Waals surface area contributed by atoms with Crippen LogP contribution in [-0.4, -0.2) is 36.8 Å². The van der Waals surface area contributed by atoms with Gasteiger partial charge < -0.3 is 19.9 Å². The number of aliphatic hydroxyl groups is 1. The monoisotopic (exact) mass is 294 g/mol. The maximum atomic E-state index is 11.2. The van der Waals surface area contributed by atoms with Crippen LogP contribution in [-0.2, 0) is 0 Å². The van der Waals surface area contributed by atoms with Crippen molar-refractivity contribution in [1.29, 1.82) is 0 Å². The first-order chi connectivity index (χ1) is 9.69. The second-order valence-electron chi connectivity index (χ2n) is 4.22. The number of nitrogens with zero attached hydrogens (tertiary/aromatic N) is 1. The minimum Gasteiger partial charge on any atom is -0.489 e. The number of hydrogen-bond acceptors (Lipinski definition) is 4. The molecule has 0 aromatic heterocycles. The van der Waals surface area contributed by atoms with E-state index in [0.29, 0.717) is 23.1 Å². The van der Waals surface area contributed by atoms with Gasteiger partial charge in [0.1, 0.15) is 17.4 Å². The molecular formula is C13H11ClN2O4. The third-order valence-corrected chi connectivity index (χ3v) is 3.24. The van der Waals surface area contributed by atoms with E-state index in [4.69, 9.17) is 26.2 Å². The van der Waals surface area contributed by atoms with Crippen LogP contribution in [0.5, 0.6) is 11.5 Å². The Hall–Kier alpha value is -2.05. The van der Waals surface area contributed by atoms with Crippen LogP contribution in [0, 0.1) is 0 Å². The smallest absolute Gasteiger partial charge is 0.344 e. The van der Waals surface area contributed by atoms with Crippen LogP contribution in [0.3, 0.4) is 0 Å². The summed E-state index contributed by atoms with van der Waals surface area (Å²) in [6.07, 6.45) is 1.86. The van der Waals surface area contributed by atoms with E-state index in [0.717, 1.165) is 11.1 Å². The Kier molecular flexibility index (Phi) is 3.33. The molecule has 2 N–H and O–H groups in total. The zero-order valence-corrected chi connectivity index (χ0v) is 11.1. The van der Waals surface area contributed by atoms with E-state index in [1.165, 1.54) is 0 Å². The number of rotatable bonds is 3. The molecule has 20 heavy (non-hydrogen) atoms. The van der Waals surface area contributed by atoms with E-state index in [1.807, 2.05) is 6.08 Å². The first kappa shape index (κ1) is 13.0. The summed E-state index contributed by atoms with van der Waals surface area (Å²) >= 11 is 6.21.